The van der Waals surface area contributed by atoms with Gasteiger partial charge < -0.3 is 9.32 Å². The van der Waals surface area contributed by atoms with Crippen molar-refractivity contribution in [3.05, 3.63) is 101 Å². The molecule has 1 aromatic carbocycles. The zero-order valence-corrected chi connectivity index (χ0v) is 22.2. The fourth-order valence-electron chi connectivity index (χ4n) is 3.91. The zero-order valence-electron chi connectivity index (χ0n) is 21.5. The highest BCUT2D eigenvalue weighted by molar-refractivity contribution is 6.31. The van der Waals surface area contributed by atoms with Crippen molar-refractivity contribution in [2.75, 3.05) is 0 Å². The maximum atomic E-state index is 13.5. The van der Waals surface area contributed by atoms with Gasteiger partial charge in [-0.15, -0.1) is 0 Å². The Morgan fingerprint density at radius 1 is 1.11 bits per heavy atom. The lowest BCUT2D eigenvalue weighted by molar-refractivity contribution is -0.113. The van der Waals surface area contributed by atoms with E-state index in [2.05, 4.69) is 20.4 Å². The van der Waals surface area contributed by atoms with Gasteiger partial charge in [0.05, 0.1) is 23.8 Å². The average molecular weight is 538 g/mol. The number of ketones is 1. The number of halogens is 5. The molecule has 0 bridgehead atoms. The molecule has 2 aromatic rings. The number of Topliss-reactive ketones (excluding diaryl/α,β-unsaturated/α-hetero) is 1. The third kappa shape index (κ3) is 7.96. The van der Waals surface area contributed by atoms with Gasteiger partial charge in [-0.3, -0.25) is 4.79 Å². The number of hydrogen-bond donors (Lipinski definition) is 0. The Hall–Kier alpha value is -3.06. The molecule has 8 heteroatoms. The summed E-state index contributed by atoms with van der Waals surface area (Å²) in [6, 6.07) is 8.70. The van der Waals surface area contributed by atoms with Crippen LogP contribution in [0.5, 0.6) is 0 Å². The molecule has 0 atom stereocenters. The Morgan fingerprint density at radius 2 is 1.73 bits per heavy atom. The number of carbonyl (C=O) groups is 1. The molecule has 0 saturated carbocycles. The maximum Gasteiger partial charge on any atom is 0.418 e. The monoisotopic (exact) mass is 537 g/mol. The predicted molar refractivity (Wildman–Crippen MR) is 140 cm³/mol. The van der Waals surface area contributed by atoms with E-state index in [4.69, 9.17) is 16.0 Å². The van der Waals surface area contributed by atoms with Gasteiger partial charge in [0, 0.05) is 22.9 Å². The molecule has 0 spiro atoms. The number of rotatable bonds is 8. The van der Waals surface area contributed by atoms with Gasteiger partial charge in [-0.1, -0.05) is 63.1 Å². The number of nitrogens with zero attached hydrogens (tertiary/aromatic N) is 1. The molecule has 200 valence electrons. The van der Waals surface area contributed by atoms with Crippen molar-refractivity contribution in [1.82, 2.24) is 4.90 Å². The van der Waals surface area contributed by atoms with Crippen molar-refractivity contribution in [3.8, 4) is 0 Å². The van der Waals surface area contributed by atoms with E-state index in [-0.39, 0.29) is 33.6 Å². The zero-order chi connectivity index (χ0) is 27.8. The van der Waals surface area contributed by atoms with Crippen LogP contribution in [0.4, 0.5) is 17.6 Å². The first kappa shape index (κ1) is 30.2. The van der Waals surface area contributed by atoms with Crippen LogP contribution in [0.15, 0.2) is 88.1 Å². The van der Waals surface area contributed by atoms with Crippen LogP contribution in [0.2, 0.25) is 0 Å². The van der Waals surface area contributed by atoms with Gasteiger partial charge in [-0.25, -0.2) is 4.39 Å². The Morgan fingerprint density at radius 3 is 2.22 bits per heavy atom. The molecule has 1 aliphatic rings. The molecule has 0 aliphatic carbocycles. The minimum absolute atomic E-state index is 0.0422. The topological polar surface area (TPSA) is 33.5 Å². The predicted octanol–water partition coefficient (Wildman–Crippen LogP) is 9.51. The fraction of sp³-hybridized carbons (Fsp3) is 0.345. The van der Waals surface area contributed by atoms with E-state index in [9.17, 15) is 22.4 Å². The van der Waals surface area contributed by atoms with Crippen LogP contribution in [0.25, 0.3) is 5.57 Å². The fourth-order valence-corrected chi connectivity index (χ4v) is 4.20. The van der Waals surface area contributed by atoms with Crippen LogP contribution in [0.3, 0.4) is 0 Å². The minimum atomic E-state index is -4.61. The summed E-state index contributed by atoms with van der Waals surface area (Å²) in [4.78, 5) is 12.5. The normalized spacial score (nSPS) is 14.5. The van der Waals surface area contributed by atoms with Gasteiger partial charge in [0.15, 0.2) is 5.78 Å². The lowest BCUT2D eigenvalue weighted by atomic mass is 9.90. The van der Waals surface area contributed by atoms with Gasteiger partial charge >= 0.3 is 6.18 Å². The largest absolute Gasteiger partial charge is 0.472 e. The van der Waals surface area contributed by atoms with Crippen molar-refractivity contribution in [2.24, 2.45) is 0 Å². The SMILES string of the molecule is C=C1C(C(F)(F)F)=CC(c2ccoc2)=CN1/C(Cl)=C(\C)C(C)=O.CCCC(CCC)c1ccccc1F. The smallest absolute Gasteiger partial charge is 0.418 e. The maximum absolute atomic E-state index is 13.5. The summed E-state index contributed by atoms with van der Waals surface area (Å²) >= 11 is 6.10. The van der Waals surface area contributed by atoms with E-state index in [1.165, 1.54) is 38.6 Å². The van der Waals surface area contributed by atoms with Crippen LogP contribution in [-0.4, -0.2) is 16.9 Å². The van der Waals surface area contributed by atoms with Crippen LogP contribution in [0.1, 0.15) is 70.4 Å². The molecule has 3 rings (SSSR count). The van der Waals surface area contributed by atoms with Crippen molar-refractivity contribution in [3.63, 3.8) is 0 Å². The molecule has 0 saturated heterocycles. The Balaban J connectivity index is 0.000000294. The van der Waals surface area contributed by atoms with E-state index < -0.39 is 11.7 Å². The lowest BCUT2D eigenvalue weighted by Crippen LogP contribution is -2.26. The van der Waals surface area contributed by atoms with Crippen LogP contribution >= 0.6 is 11.6 Å². The van der Waals surface area contributed by atoms with Crippen LogP contribution in [-0.2, 0) is 4.79 Å². The summed E-state index contributed by atoms with van der Waals surface area (Å²) in [7, 11) is 0. The summed E-state index contributed by atoms with van der Waals surface area (Å²) in [6.07, 6.45) is 4.84. The summed E-state index contributed by atoms with van der Waals surface area (Å²) in [5.41, 5.74) is 0.443. The van der Waals surface area contributed by atoms with Crippen LogP contribution in [0, 0.1) is 5.82 Å². The second-order valence-electron chi connectivity index (χ2n) is 8.74. The Labute approximate surface area is 220 Å². The van der Waals surface area contributed by atoms with Crippen molar-refractivity contribution < 1.29 is 26.8 Å². The molecule has 0 radical (unpaired) electrons. The molecule has 1 aromatic heterocycles. The first-order valence-corrected chi connectivity index (χ1v) is 12.4. The van der Waals surface area contributed by atoms with Crippen molar-refractivity contribution >= 4 is 23.0 Å². The second kappa shape index (κ2) is 13.5. The number of alkyl halides is 3. The van der Waals surface area contributed by atoms with E-state index in [0.717, 1.165) is 42.2 Å². The van der Waals surface area contributed by atoms with E-state index >= 15 is 0 Å². The van der Waals surface area contributed by atoms with Gasteiger partial charge in [0.2, 0.25) is 0 Å². The highest BCUT2D eigenvalue weighted by Crippen LogP contribution is 2.41. The Bertz CT molecular complexity index is 1170. The molecular formula is C29H32ClF4NO2. The number of benzene rings is 1. The second-order valence-corrected chi connectivity index (χ2v) is 9.09. The molecule has 0 amide bonds. The molecular weight excluding hydrogens is 506 g/mol. The number of allylic oxidation sites excluding steroid dienone is 4. The third-order valence-electron chi connectivity index (χ3n) is 6.00. The standard InChI is InChI=1S/C16H13ClF3NO2.C13H19F/c1-9(11(3)22)15(17)21-7-13(12-4-5-23-8-12)6-14(10(21)2)16(18,19)20;1-3-7-11(8-4-2)12-9-5-6-10-13(12)14/h4-8H,2H2,1,3H3;5-6,9-11H,3-4,7-8H2,1-2H3/b15-9+;. The van der Waals surface area contributed by atoms with Gasteiger partial charge in [-0.2, -0.15) is 13.2 Å². The molecule has 37 heavy (non-hydrogen) atoms. The van der Waals surface area contributed by atoms with Gasteiger partial charge in [-0.05, 0) is 56.4 Å². The van der Waals surface area contributed by atoms with Gasteiger partial charge in [0.1, 0.15) is 11.0 Å². The van der Waals surface area contributed by atoms with Crippen molar-refractivity contribution in [2.45, 2.75) is 65.5 Å². The number of hydrogen-bond acceptors (Lipinski definition) is 3. The first-order valence-electron chi connectivity index (χ1n) is 12.1. The minimum Gasteiger partial charge on any atom is -0.472 e. The highest BCUT2D eigenvalue weighted by Gasteiger charge is 2.39. The van der Waals surface area contributed by atoms with E-state index in [0.29, 0.717) is 11.5 Å². The molecule has 1 aliphatic heterocycles. The summed E-state index contributed by atoms with van der Waals surface area (Å²) in [6.45, 7) is 10.5. The molecule has 2 heterocycles. The highest BCUT2D eigenvalue weighted by atomic mass is 35.5. The van der Waals surface area contributed by atoms with E-state index in [1.807, 2.05) is 12.1 Å². The molecule has 0 fully saturated rings. The summed E-state index contributed by atoms with van der Waals surface area (Å²) < 4.78 is 58.2. The summed E-state index contributed by atoms with van der Waals surface area (Å²) in [5.74, 6) is 0.0229. The quantitative estimate of drug-likeness (QED) is 0.191. The summed E-state index contributed by atoms with van der Waals surface area (Å²) in [5, 5.41) is -0.127. The Kier molecular flexibility index (Phi) is 11.0. The molecule has 0 unspecified atom stereocenters. The molecule has 3 nitrogen and oxygen atoms in total. The average Bonchev–Trinajstić information content (AvgIpc) is 3.38. The molecule has 0 N–H and O–H groups in total. The van der Waals surface area contributed by atoms with Gasteiger partial charge in [0.25, 0.3) is 0 Å². The first-order chi connectivity index (χ1) is 17.4. The number of furan rings is 1. The van der Waals surface area contributed by atoms with Crippen molar-refractivity contribution in [1.29, 1.82) is 0 Å². The number of carbonyl (C=O) groups excluding carboxylic acids is 1. The van der Waals surface area contributed by atoms with E-state index in [1.54, 1.807) is 12.1 Å². The van der Waals surface area contributed by atoms with Crippen LogP contribution < -0.4 is 0 Å². The third-order valence-corrected chi connectivity index (χ3v) is 6.46. The lowest BCUT2D eigenvalue weighted by Gasteiger charge is -2.30.